The molecule has 15 heavy (non-hydrogen) atoms. The molecule has 79 valence electrons. The van der Waals surface area contributed by atoms with E-state index in [1.807, 2.05) is 13.8 Å². The van der Waals surface area contributed by atoms with Gasteiger partial charge in [-0.25, -0.2) is 0 Å². The fraction of sp³-hybridized carbons (Fsp3) is 0.250. The van der Waals surface area contributed by atoms with Crippen LogP contribution in [0.5, 0.6) is 5.75 Å². The van der Waals surface area contributed by atoms with Crippen LogP contribution in [-0.4, -0.2) is 6.61 Å². The topological polar surface area (TPSA) is 9.23 Å². The molecule has 0 aromatic heterocycles. The van der Waals surface area contributed by atoms with Crippen LogP contribution in [0.15, 0.2) is 18.2 Å². The van der Waals surface area contributed by atoms with Crippen molar-refractivity contribution >= 4 is 0 Å². The lowest BCUT2D eigenvalue weighted by Crippen LogP contribution is -2.05. The molecule has 0 bridgehead atoms. The molecule has 0 aliphatic heterocycles. The van der Waals surface area contributed by atoms with Crippen molar-refractivity contribution in [1.82, 2.24) is 0 Å². The normalized spacial score (nSPS) is 10.5. The first kappa shape index (κ1) is 11.5. The van der Waals surface area contributed by atoms with Crippen LogP contribution < -0.4 is 4.74 Å². The number of hydrogen-bond donors (Lipinski definition) is 0. The van der Waals surface area contributed by atoms with E-state index in [9.17, 15) is 8.78 Å². The lowest BCUT2D eigenvalue weighted by Gasteiger charge is -2.12. The van der Waals surface area contributed by atoms with Gasteiger partial charge in [0.2, 0.25) is 0 Å². The minimum absolute atomic E-state index is 0.0474. The van der Waals surface area contributed by atoms with Crippen LogP contribution in [0, 0.1) is 18.3 Å². The van der Waals surface area contributed by atoms with Gasteiger partial charge in [0, 0.05) is 5.92 Å². The van der Waals surface area contributed by atoms with Gasteiger partial charge < -0.3 is 4.74 Å². The molecule has 0 saturated carbocycles. The Morgan fingerprint density at radius 1 is 1.40 bits per heavy atom. The van der Waals surface area contributed by atoms with Gasteiger partial charge in [-0.1, -0.05) is 31.9 Å². The third-order valence-electron chi connectivity index (χ3n) is 1.93. The van der Waals surface area contributed by atoms with E-state index >= 15 is 0 Å². The van der Waals surface area contributed by atoms with E-state index in [2.05, 4.69) is 10.7 Å². The first-order valence-electron chi connectivity index (χ1n) is 4.41. The second kappa shape index (κ2) is 4.79. The highest BCUT2D eigenvalue weighted by Gasteiger charge is 2.13. The van der Waals surface area contributed by atoms with E-state index in [4.69, 9.17) is 6.42 Å². The van der Waals surface area contributed by atoms with E-state index < -0.39 is 6.61 Å². The molecule has 0 N–H and O–H groups in total. The lowest BCUT2D eigenvalue weighted by atomic mass is 9.97. The third-order valence-corrected chi connectivity index (χ3v) is 1.93. The van der Waals surface area contributed by atoms with Gasteiger partial charge in [-0.05, 0) is 11.6 Å². The molecule has 0 aliphatic rings. The average molecular weight is 209 g/mol. The van der Waals surface area contributed by atoms with Crippen molar-refractivity contribution < 1.29 is 13.5 Å². The average Bonchev–Trinajstić information content (AvgIpc) is 2.16. The Morgan fingerprint density at radius 2 is 2.07 bits per heavy atom. The Morgan fingerprint density at radius 3 is 2.53 bits per heavy atom. The van der Waals surface area contributed by atoms with Gasteiger partial charge in [-0.3, -0.25) is 0 Å². The second-order valence-electron chi connectivity index (χ2n) is 3.20. The van der Waals surface area contributed by atoms with Crippen LogP contribution in [0.25, 0.3) is 0 Å². The molecular formula is C12H11F2O. The Balaban J connectivity index is 3.18. The highest BCUT2D eigenvalue weighted by Crippen LogP contribution is 2.27. The highest BCUT2D eigenvalue weighted by molar-refractivity contribution is 5.54. The van der Waals surface area contributed by atoms with Crippen LogP contribution in [0.1, 0.15) is 25.0 Å². The smallest absolute Gasteiger partial charge is 0.387 e. The minimum Gasteiger partial charge on any atom is -0.433 e. The Kier molecular flexibility index (Phi) is 3.68. The van der Waals surface area contributed by atoms with Crippen molar-refractivity contribution in [2.45, 2.75) is 20.5 Å². The summed E-state index contributed by atoms with van der Waals surface area (Å²) in [7, 11) is 0. The first-order chi connectivity index (χ1) is 7.06. The maximum Gasteiger partial charge on any atom is 0.387 e. The molecule has 1 radical (unpaired) electrons. The monoisotopic (exact) mass is 209 g/mol. The molecule has 3 heteroatoms. The maximum absolute atomic E-state index is 12.1. The summed E-state index contributed by atoms with van der Waals surface area (Å²) < 4.78 is 28.5. The maximum atomic E-state index is 12.1. The Labute approximate surface area is 88.1 Å². The second-order valence-corrected chi connectivity index (χ2v) is 3.20. The van der Waals surface area contributed by atoms with Crippen LogP contribution in [0.2, 0.25) is 0 Å². The van der Waals surface area contributed by atoms with Crippen molar-refractivity contribution in [2.75, 3.05) is 0 Å². The van der Waals surface area contributed by atoms with E-state index in [0.717, 1.165) is 11.5 Å². The Bertz CT molecular complexity index is 378. The number of benzene rings is 1. The molecule has 0 saturated heterocycles. The summed E-state index contributed by atoms with van der Waals surface area (Å²) in [6.45, 7) is 0.870. The SMILES string of the molecule is C#Cc1c(OC(F)F)cccc1[C](C)C. The van der Waals surface area contributed by atoms with Crippen molar-refractivity contribution in [1.29, 1.82) is 0 Å². The van der Waals surface area contributed by atoms with E-state index in [0.29, 0.717) is 5.56 Å². The van der Waals surface area contributed by atoms with Gasteiger partial charge in [0.15, 0.2) is 0 Å². The predicted octanol–water partition coefficient (Wildman–Crippen LogP) is 3.23. The van der Waals surface area contributed by atoms with Crippen LogP contribution in [0.3, 0.4) is 0 Å². The van der Waals surface area contributed by atoms with Crippen LogP contribution in [-0.2, 0) is 0 Å². The van der Waals surface area contributed by atoms with Gasteiger partial charge >= 0.3 is 6.61 Å². The molecule has 0 atom stereocenters. The number of terminal acetylenes is 1. The summed E-state index contributed by atoms with van der Waals surface area (Å²) in [6, 6.07) is 4.86. The number of halogens is 2. The number of rotatable bonds is 3. The molecular weight excluding hydrogens is 198 g/mol. The largest absolute Gasteiger partial charge is 0.433 e. The van der Waals surface area contributed by atoms with Crippen LogP contribution >= 0.6 is 0 Å². The third kappa shape index (κ3) is 2.69. The number of alkyl halides is 2. The standard InChI is InChI=1S/C12H11F2O/c1-4-9-10(8(2)3)6-5-7-11(9)15-12(13)14/h1,5-7,12H,2-3H3. The van der Waals surface area contributed by atoms with E-state index in [1.54, 1.807) is 12.1 Å². The molecule has 0 heterocycles. The van der Waals surface area contributed by atoms with Gasteiger partial charge in [0.05, 0.1) is 5.56 Å². The Hall–Kier alpha value is -1.56. The summed E-state index contributed by atoms with van der Waals surface area (Å²) in [5, 5.41) is 0. The van der Waals surface area contributed by atoms with E-state index in [1.165, 1.54) is 6.07 Å². The molecule has 1 rings (SSSR count). The fourth-order valence-corrected chi connectivity index (χ4v) is 1.29. The number of ether oxygens (including phenoxy) is 1. The molecule has 0 aliphatic carbocycles. The lowest BCUT2D eigenvalue weighted by molar-refractivity contribution is -0.0500. The van der Waals surface area contributed by atoms with Gasteiger partial charge in [0.25, 0.3) is 0 Å². The number of hydrogen-bond acceptors (Lipinski definition) is 1. The van der Waals surface area contributed by atoms with Crippen LogP contribution in [0.4, 0.5) is 8.78 Å². The van der Waals surface area contributed by atoms with Crippen molar-refractivity contribution in [3.63, 3.8) is 0 Å². The molecule has 1 nitrogen and oxygen atoms in total. The molecule has 1 aromatic carbocycles. The zero-order valence-corrected chi connectivity index (χ0v) is 8.55. The fourth-order valence-electron chi connectivity index (χ4n) is 1.29. The summed E-state index contributed by atoms with van der Waals surface area (Å²) >= 11 is 0. The van der Waals surface area contributed by atoms with E-state index in [-0.39, 0.29) is 5.75 Å². The molecule has 0 amide bonds. The zero-order chi connectivity index (χ0) is 11.4. The summed E-state index contributed by atoms with van der Waals surface area (Å²) in [6.07, 6.45) is 5.28. The first-order valence-corrected chi connectivity index (χ1v) is 4.41. The van der Waals surface area contributed by atoms with Crippen molar-refractivity contribution in [3.05, 3.63) is 35.2 Å². The zero-order valence-electron chi connectivity index (χ0n) is 8.55. The molecule has 0 fully saturated rings. The van der Waals surface area contributed by atoms with Gasteiger partial charge in [-0.2, -0.15) is 8.78 Å². The summed E-state index contributed by atoms with van der Waals surface area (Å²) in [4.78, 5) is 0. The predicted molar refractivity (Wildman–Crippen MR) is 54.7 cm³/mol. The molecule has 1 aromatic rings. The van der Waals surface area contributed by atoms with Gasteiger partial charge in [0.1, 0.15) is 5.75 Å². The summed E-state index contributed by atoms with van der Waals surface area (Å²) in [5.41, 5.74) is 1.13. The van der Waals surface area contributed by atoms with Gasteiger partial charge in [-0.15, -0.1) is 6.42 Å². The quantitative estimate of drug-likeness (QED) is 0.694. The molecule has 0 spiro atoms. The van der Waals surface area contributed by atoms with Crippen molar-refractivity contribution in [3.8, 4) is 18.1 Å². The molecule has 0 unspecified atom stereocenters. The summed E-state index contributed by atoms with van der Waals surface area (Å²) in [5.74, 6) is 3.38. The van der Waals surface area contributed by atoms with Crippen molar-refractivity contribution in [2.24, 2.45) is 0 Å². The minimum atomic E-state index is -2.86. The highest BCUT2D eigenvalue weighted by atomic mass is 19.3.